The van der Waals surface area contributed by atoms with E-state index < -0.39 is 0 Å². The second-order valence-electron chi connectivity index (χ2n) is 5.26. The van der Waals surface area contributed by atoms with Crippen LogP contribution < -0.4 is 5.32 Å². The smallest absolute Gasteiger partial charge is 0.208 e. The third-order valence-corrected chi connectivity index (χ3v) is 3.84. The lowest BCUT2D eigenvalue weighted by Gasteiger charge is -2.14. The summed E-state index contributed by atoms with van der Waals surface area (Å²) >= 11 is 0. The zero-order chi connectivity index (χ0) is 13.1. The average Bonchev–Trinajstić information content (AvgIpc) is 2.86. The normalized spacial score (nSPS) is 32.0. The molecule has 0 aliphatic carbocycles. The van der Waals surface area contributed by atoms with Crippen LogP contribution in [0.1, 0.15) is 51.7 Å². The lowest BCUT2D eigenvalue weighted by molar-refractivity contribution is 0.0547. The molecule has 0 bridgehead atoms. The first-order chi connectivity index (χ1) is 8.63. The fourth-order valence-electron chi connectivity index (χ4n) is 2.69. The van der Waals surface area contributed by atoms with Gasteiger partial charge in [-0.05, 0) is 32.7 Å². The Hall–Kier alpha value is -0.870. The van der Waals surface area contributed by atoms with Crippen molar-refractivity contribution in [1.29, 1.82) is 0 Å². The van der Waals surface area contributed by atoms with Gasteiger partial charge >= 0.3 is 0 Å². The van der Waals surface area contributed by atoms with Crippen LogP contribution in [0.2, 0.25) is 0 Å². The van der Waals surface area contributed by atoms with Crippen LogP contribution in [0.3, 0.4) is 0 Å². The van der Waals surface area contributed by atoms with Crippen molar-refractivity contribution in [2.75, 3.05) is 6.54 Å². The number of hydrogen-bond acceptors (Lipinski definition) is 4. The Labute approximate surface area is 109 Å². The molecule has 1 N–H and O–H groups in total. The Bertz CT molecular complexity index is 378. The van der Waals surface area contributed by atoms with Crippen molar-refractivity contribution >= 4 is 0 Å². The number of nitrogens with zero attached hydrogens (tertiary/aromatic N) is 1. The molecular formula is C14H24N2O2. The minimum Gasteiger partial charge on any atom is -0.444 e. The van der Waals surface area contributed by atoms with E-state index in [2.05, 4.69) is 38.0 Å². The summed E-state index contributed by atoms with van der Waals surface area (Å²) in [5, 5.41) is 3.30. The van der Waals surface area contributed by atoms with E-state index in [-0.39, 0.29) is 12.2 Å². The largest absolute Gasteiger partial charge is 0.444 e. The first kappa shape index (κ1) is 13.6. The Morgan fingerprint density at radius 2 is 2.06 bits per heavy atom. The van der Waals surface area contributed by atoms with E-state index in [1.54, 1.807) is 0 Å². The highest BCUT2D eigenvalue weighted by molar-refractivity contribution is 5.09. The molecule has 1 aliphatic rings. The topological polar surface area (TPSA) is 47.3 Å². The molecule has 1 aromatic rings. The van der Waals surface area contributed by atoms with E-state index >= 15 is 0 Å². The predicted molar refractivity (Wildman–Crippen MR) is 70.4 cm³/mol. The summed E-state index contributed by atoms with van der Waals surface area (Å²) in [6, 6.07) is 0. The molecule has 4 nitrogen and oxygen atoms in total. The zero-order valence-electron chi connectivity index (χ0n) is 11.8. The molecular weight excluding hydrogens is 228 g/mol. The molecule has 0 radical (unpaired) electrons. The zero-order valence-corrected chi connectivity index (χ0v) is 11.8. The minimum atomic E-state index is 0.208. The van der Waals surface area contributed by atoms with Crippen molar-refractivity contribution in [3.8, 4) is 0 Å². The Morgan fingerprint density at radius 3 is 2.67 bits per heavy atom. The van der Waals surface area contributed by atoms with Gasteiger partial charge in [-0.25, -0.2) is 4.98 Å². The maximum Gasteiger partial charge on any atom is 0.208 e. The third kappa shape index (κ3) is 2.75. The van der Waals surface area contributed by atoms with Gasteiger partial charge in [-0.15, -0.1) is 0 Å². The van der Waals surface area contributed by atoms with E-state index in [9.17, 15) is 0 Å². The van der Waals surface area contributed by atoms with E-state index in [1.165, 1.54) is 0 Å². The molecule has 0 spiro atoms. The van der Waals surface area contributed by atoms with Crippen LogP contribution in [0.25, 0.3) is 0 Å². The van der Waals surface area contributed by atoms with Crippen LogP contribution in [-0.4, -0.2) is 23.7 Å². The summed E-state index contributed by atoms with van der Waals surface area (Å²) in [7, 11) is 0. The average molecular weight is 252 g/mol. The summed E-state index contributed by atoms with van der Waals surface area (Å²) in [6.45, 7) is 10.3. The Kier molecular flexibility index (Phi) is 4.40. The molecule has 18 heavy (non-hydrogen) atoms. The summed E-state index contributed by atoms with van der Waals surface area (Å²) in [5.41, 5.74) is 0. The van der Waals surface area contributed by atoms with E-state index in [1.807, 2.05) is 6.20 Å². The highest BCUT2D eigenvalue weighted by Crippen LogP contribution is 2.39. The van der Waals surface area contributed by atoms with Gasteiger partial charge in [0.15, 0.2) is 0 Å². The van der Waals surface area contributed by atoms with Crippen LogP contribution in [-0.2, 0) is 11.3 Å². The number of nitrogens with one attached hydrogen (secondary N) is 1. The second kappa shape index (κ2) is 5.85. The van der Waals surface area contributed by atoms with Crippen molar-refractivity contribution in [1.82, 2.24) is 10.3 Å². The number of ether oxygens (including phenoxy) is 1. The van der Waals surface area contributed by atoms with Gasteiger partial charge in [0.05, 0.1) is 24.9 Å². The number of oxazole rings is 1. The molecule has 1 saturated heterocycles. The van der Waals surface area contributed by atoms with Gasteiger partial charge < -0.3 is 14.5 Å². The maximum absolute atomic E-state index is 5.85. The summed E-state index contributed by atoms with van der Waals surface area (Å²) in [6.07, 6.45) is 3.48. The fourth-order valence-corrected chi connectivity index (χ4v) is 2.69. The van der Waals surface area contributed by atoms with Gasteiger partial charge in [-0.3, -0.25) is 0 Å². The van der Waals surface area contributed by atoms with Gasteiger partial charge in [-0.1, -0.05) is 13.8 Å². The van der Waals surface area contributed by atoms with E-state index in [0.717, 1.165) is 24.6 Å². The van der Waals surface area contributed by atoms with Gasteiger partial charge in [0.25, 0.3) is 0 Å². The predicted octanol–water partition coefficient (Wildman–Crippen LogP) is 2.70. The molecule has 4 heteroatoms. The summed E-state index contributed by atoms with van der Waals surface area (Å²) in [5.74, 6) is 2.54. The monoisotopic (exact) mass is 252 g/mol. The first-order valence-corrected chi connectivity index (χ1v) is 6.94. The number of rotatable bonds is 5. The van der Waals surface area contributed by atoms with Crippen LogP contribution in [0.5, 0.6) is 0 Å². The molecule has 4 atom stereocenters. The van der Waals surface area contributed by atoms with Crippen molar-refractivity contribution in [2.45, 2.75) is 58.8 Å². The fraction of sp³-hybridized carbons (Fsp3) is 0.786. The maximum atomic E-state index is 5.85. The molecule has 0 amide bonds. The standard InChI is InChI=1S/C14H24N2O2/c1-5-6-15-8-13-16-7-12(18-13)14-9(2)10(3)17-11(14)4/h7,9-11,14-15H,5-6,8H2,1-4H3. The van der Waals surface area contributed by atoms with Crippen molar-refractivity contribution in [2.24, 2.45) is 5.92 Å². The highest BCUT2D eigenvalue weighted by Gasteiger charge is 2.40. The molecule has 1 fully saturated rings. The highest BCUT2D eigenvalue weighted by atomic mass is 16.5. The molecule has 0 saturated carbocycles. The SMILES string of the molecule is CCCNCc1ncc(C2C(C)OC(C)C2C)o1. The number of hydrogen-bond donors (Lipinski definition) is 1. The minimum absolute atomic E-state index is 0.208. The molecule has 1 aliphatic heterocycles. The molecule has 2 rings (SSSR count). The van der Waals surface area contributed by atoms with Crippen LogP contribution in [0.4, 0.5) is 0 Å². The van der Waals surface area contributed by atoms with Gasteiger partial charge in [0.2, 0.25) is 5.89 Å². The van der Waals surface area contributed by atoms with E-state index in [0.29, 0.717) is 18.4 Å². The lowest BCUT2D eigenvalue weighted by atomic mass is 9.88. The van der Waals surface area contributed by atoms with Crippen LogP contribution >= 0.6 is 0 Å². The van der Waals surface area contributed by atoms with Gasteiger partial charge in [-0.2, -0.15) is 0 Å². The lowest BCUT2D eigenvalue weighted by Crippen LogP contribution is -2.15. The molecule has 0 aromatic carbocycles. The van der Waals surface area contributed by atoms with Crippen LogP contribution in [0, 0.1) is 5.92 Å². The van der Waals surface area contributed by atoms with Crippen molar-refractivity contribution < 1.29 is 9.15 Å². The molecule has 2 heterocycles. The van der Waals surface area contributed by atoms with Crippen molar-refractivity contribution in [3.05, 3.63) is 17.8 Å². The first-order valence-electron chi connectivity index (χ1n) is 6.94. The molecule has 4 unspecified atom stereocenters. The van der Waals surface area contributed by atoms with Gasteiger partial charge in [0, 0.05) is 5.92 Å². The summed E-state index contributed by atoms with van der Waals surface area (Å²) < 4.78 is 11.7. The van der Waals surface area contributed by atoms with Crippen molar-refractivity contribution in [3.63, 3.8) is 0 Å². The Balaban J connectivity index is 2.01. The Morgan fingerprint density at radius 1 is 1.28 bits per heavy atom. The van der Waals surface area contributed by atoms with Gasteiger partial charge in [0.1, 0.15) is 5.76 Å². The third-order valence-electron chi connectivity index (χ3n) is 3.84. The summed E-state index contributed by atoms with van der Waals surface area (Å²) in [4.78, 5) is 4.34. The van der Waals surface area contributed by atoms with Crippen LogP contribution in [0.15, 0.2) is 10.6 Å². The second-order valence-corrected chi connectivity index (χ2v) is 5.26. The van der Waals surface area contributed by atoms with E-state index in [4.69, 9.17) is 9.15 Å². The molecule has 1 aromatic heterocycles. The number of aromatic nitrogens is 1. The quantitative estimate of drug-likeness (QED) is 0.818. The molecule has 102 valence electrons.